The van der Waals surface area contributed by atoms with E-state index in [1.165, 1.54) is 0 Å². The minimum Gasteiger partial charge on any atom is -0.508 e. The summed E-state index contributed by atoms with van der Waals surface area (Å²) in [6.45, 7) is 2.85. The molecule has 1 aromatic carbocycles. The van der Waals surface area contributed by atoms with E-state index in [2.05, 4.69) is 5.32 Å². The first kappa shape index (κ1) is 12.8. The van der Waals surface area contributed by atoms with Crippen molar-refractivity contribution in [3.8, 4) is 11.5 Å². The minimum absolute atomic E-state index is 0.0293. The van der Waals surface area contributed by atoms with Crippen molar-refractivity contribution in [1.82, 2.24) is 5.32 Å². The maximum absolute atomic E-state index is 9.71. The Morgan fingerprint density at radius 3 is 2.81 bits per heavy atom. The molecule has 1 rings (SSSR count). The number of aromatic hydroxyl groups is 1. The molecule has 1 atom stereocenters. The highest BCUT2D eigenvalue weighted by Gasteiger charge is 2.10. The van der Waals surface area contributed by atoms with Gasteiger partial charge in [-0.25, -0.2) is 0 Å². The Hall–Kier alpha value is -1.26. The predicted molar refractivity (Wildman–Crippen MR) is 62.8 cm³/mol. The molecular formula is C12H19NO3. The zero-order valence-corrected chi connectivity index (χ0v) is 9.73. The average Bonchev–Trinajstić information content (AvgIpc) is 2.30. The normalized spacial score (nSPS) is 12.4. The molecule has 0 amide bonds. The van der Waals surface area contributed by atoms with E-state index in [-0.39, 0.29) is 18.4 Å². The number of methoxy groups -OCH3 is 1. The fourth-order valence-corrected chi connectivity index (χ4v) is 1.51. The zero-order valence-electron chi connectivity index (χ0n) is 9.73. The monoisotopic (exact) mass is 225 g/mol. The molecule has 0 fully saturated rings. The van der Waals surface area contributed by atoms with Gasteiger partial charge >= 0.3 is 0 Å². The molecule has 1 unspecified atom stereocenters. The molecule has 0 aliphatic rings. The lowest BCUT2D eigenvalue weighted by Crippen LogP contribution is -2.20. The molecule has 0 saturated carbocycles. The van der Waals surface area contributed by atoms with Gasteiger partial charge in [0.15, 0.2) is 0 Å². The van der Waals surface area contributed by atoms with Crippen LogP contribution in [0.2, 0.25) is 0 Å². The molecular weight excluding hydrogens is 206 g/mol. The topological polar surface area (TPSA) is 61.7 Å². The van der Waals surface area contributed by atoms with Gasteiger partial charge in [-0.2, -0.15) is 0 Å². The summed E-state index contributed by atoms with van der Waals surface area (Å²) in [6, 6.07) is 5.19. The molecule has 0 aromatic heterocycles. The summed E-state index contributed by atoms with van der Waals surface area (Å²) in [4.78, 5) is 0. The molecule has 0 aliphatic heterocycles. The van der Waals surface area contributed by atoms with Gasteiger partial charge in [-0.3, -0.25) is 0 Å². The van der Waals surface area contributed by atoms with Crippen molar-refractivity contribution in [2.24, 2.45) is 0 Å². The van der Waals surface area contributed by atoms with Crippen LogP contribution >= 0.6 is 0 Å². The number of aliphatic hydroxyl groups excluding tert-OH is 1. The Morgan fingerprint density at radius 2 is 2.19 bits per heavy atom. The first-order chi connectivity index (χ1) is 7.69. The Bertz CT molecular complexity index is 328. The van der Waals surface area contributed by atoms with E-state index in [1.54, 1.807) is 19.2 Å². The van der Waals surface area contributed by atoms with Crippen LogP contribution in [0.25, 0.3) is 0 Å². The first-order valence-electron chi connectivity index (χ1n) is 5.40. The molecule has 0 saturated heterocycles. The molecule has 4 nitrogen and oxygen atoms in total. The van der Waals surface area contributed by atoms with Gasteiger partial charge in [-0.05, 0) is 38.1 Å². The van der Waals surface area contributed by atoms with Gasteiger partial charge in [0.2, 0.25) is 0 Å². The highest BCUT2D eigenvalue weighted by Crippen LogP contribution is 2.28. The third-order valence-corrected chi connectivity index (χ3v) is 2.49. The number of aliphatic hydroxyl groups is 1. The molecule has 0 radical (unpaired) electrons. The van der Waals surface area contributed by atoms with E-state index < -0.39 is 0 Å². The lowest BCUT2D eigenvalue weighted by atomic mass is 10.1. The second kappa shape index (κ2) is 6.35. The van der Waals surface area contributed by atoms with Crippen molar-refractivity contribution in [3.05, 3.63) is 23.8 Å². The first-order valence-corrected chi connectivity index (χ1v) is 5.40. The third-order valence-electron chi connectivity index (χ3n) is 2.49. The standard InChI is InChI=1S/C12H19NO3/c1-9(13-6-3-7-14)11-8-10(16-2)4-5-12(11)15/h4-5,8-9,13-15H,3,6-7H2,1-2H3. The van der Waals surface area contributed by atoms with Crippen LogP contribution in [-0.4, -0.2) is 30.5 Å². The van der Waals surface area contributed by atoms with Gasteiger partial charge in [0.25, 0.3) is 0 Å². The number of benzene rings is 1. The molecule has 90 valence electrons. The molecule has 16 heavy (non-hydrogen) atoms. The smallest absolute Gasteiger partial charge is 0.120 e. The Morgan fingerprint density at radius 1 is 1.44 bits per heavy atom. The Balaban J connectivity index is 2.69. The van der Waals surface area contributed by atoms with Crippen molar-refractivity contribution < 1.29 is 14.9 Å². The highest BCUT2D eigenvalue weighted by atomic mass is 16.5. The summed E-state index contributed by atoms with van der Waals surface area (Å²) in [5.41, 5.74) is 0.803. The summed E-state index contributed by atoms with van der Waals surface area (Å²) < 4.78 is 5.11. The van der Waals surface area contributed by atoms with E-state index in [0.717, 1.165) is 11.3 Å². The van der Waals surface area contributed by atoms with Crippen LogP contribution in [0.15, 0.2) is 18.2 Å². The van der Waals surface area contributed by atoms with Gasteiger partial charge < -0.3 is 20.3 Å². The van der Waals surface area contributed by atoms with Crippen LogP contribution in [0.4, 0.5) is 0 Å². The minimum atomic E-state index is 0.0293. The summed E-state index contributed by atoms with van der Waals surface area (Å²) in [6.07, 6.45) is 0.703. The number of ether oxygens (including phenoxy) is 1. The second-order valence-electron chi connectivity index (χ2n) is 3.68. The molecule has 0 aliphatic carbocycles. The fraction of sp³-hybridized carbons (Fsp3) is 0.500. The van der Waals surface area contributed by atoms with E-state index in [9.17, 15) is 5.11 Å². The SMILES string of the molecule is COc1ccc(O)c(C(C)NCCCO)c1. The van der Waals surface area contributed by atoms with Crippen molar-refractivity contribution in [2.75, 3.05) is 20.3 Å². The van der Waals surface area contributed by atoms with Crippen LogP contribution in [0.3, 0.4) is 0 Å². The van der Waals surface area contributed by atoms with Crippen LogP contribution in [0.5, 0.6) is 11.5 Å². The average molecular weight is 225 g/mol. The largest absolute Gasteiger partial charge is 0.508 e. The number of rotatable bonds is 6. The predicted octanol–water partition coefficient (Wildman–Crippen LogP) is 1.43. The van der Waals surface area contributed by atoms with Crippen LogP contribution in [-0.2, 0) is 0 Å². The second-order valence-corrected chi connectivity index (χ2v) is 3.68. The van der Waals surface area contributed by atoms with Gasteiger partial charge in [-0.1, -0.05) is 0 Å². The number of phenols is 1. The van der Waals surface area contributed by atoms with Gasteiger partial charge in [-0.15, -0.1) is 0 Å². The summed E-state index contributed by atoms with van der Waals surface area (Å²) in [5, 5.41) is 21.6. The molecule has 3 N–H and O–H groups in total. The summed E-state index contributed by atoms with van der Waals surface area (Å²) in [7, 11) is 1.60. The Labute approximate surface area is 95.9 Å². The van der Waals surface area contributed by atoms with Crippen LogP contribution in [0, 0.1) is 0 Å². The van der Waals surface area contributed by atoms with Crippen LogP contribution in [0.1, 0.15) is 24.9 Å². The molecule has 0 bridgehead atoms. The fourth-order valence-electron chi connectivity index (χ4n) is 1.51. The molecule has 1 aromatic rings. The maximum atomic E-state index is 9.71. The number of phenolic OH excluding ortho intramolecular Hbond substituents is 1. The molecule has 0 spiro atoms. The van der Waals surface area contributed by atoms with Crippen molar-refractivity contribution in [2.45, 2.75) is 19.4 Å². The van der Waals surface area contributed by atoms with E-state index >= 15 is 0 Å². The van der Waals surface area contributed by atoms with Crippen molar-refractivity contribution in [3.63, 3.8) is 0 Å². The van der Waals surface area contributed by atoms with Gasteiger partial charge in [0, 0.05) is 18.2 Å². The van der Waals surface area contributed by atoms with Gasteiger partial charge in [0.1, 0.15) is 11.5 Å². The lowest BCUT2D eigenvalue weighted by molar-refractivity contribution is 0.283. The highest BCUT2D eigenvalue weighted by molar-refractivity contribution is 5.41. The summed E-state index contributed by atoms with van der Waals surface area (Å²) >= 11 is 0. The summed E-state index contributed by atoms with van der Waals surface area (Å²) in [5.74, 6) is 0.980. The zero-order chi connectivity index (χ0) is 12.0. The molecule has 0 heterocycles. The van der Waals surface area contributed by atoms with Crippen molar-refractivity contribution >= 4 is 0 Å². The number of nitrogens with one attached hydrogen (secondary N) is 1. The maximum Gasteiger partial charge on any atom is 0.120 e. The van der Waals surface area contributed by atoms with Crippen LogP contribution < -0.4 is 10.1 Å². The number of hydrogen-bond acceptors (Lipinski definition) is 4. The quantitative estimate of drug-likeness (QED) is 0.641. The van der Waals surface area contributed by atoms with E-state index in [1.807, 2.05) is 13.0 Å². The lowest BCUT2D eigenvalue weighted by Gasteiger charge is -2.16. The number of hydrogen-bond donors (Lipinski definition) is 3. The van der Waals surface area contributed by atoms with E-state index in [0.29, 0.717) is 13.0 Å². The molecule has 4 heteroatoms. The van der Waals surface area contributed by atoms with Crippen molar-refractivity contribution in [1.29, 1.82) is 0 Å². The Kier molecular flexibility index (Phi) is 5.08. The van der Waals surface area contributed by atoms with E-state index in [4.69, 9.17) is 9.84 Å². The third kappa shape index (κ3) is 3.40. The van der Waals surface area contributed by atoms with Gasteiger partial charge in [0.05, 0.1) is 7.11 Å².